The number of rotatable bonds is 14. The molecule has 1 N–H and O–H groups in total. The van der Waals surface area contributed by atoms with Crippen LogP contribution in [-0.4, -0.2) is 11.7 Å². The highest BCUT2D eigenvalue weighted by Gasteiger charge is 2.08. The molecule has 0 aromatic carbocycles. The zero-order valence-electron chi connectivity index (χ0n) is 13.8. The van der Waals surface area contributed by atoms with E-state index in [9.17, 15) is 0 Å². The van der Waals surface area contributed by atoms with Crippen molar-refractivity contribution in [3.8, 4) is 0 Å². The third kappa shape index (κ3) is 14.2. The van der Waals surface area contributed by atoms with Crippen LogP contribution in [0.25, 0.3) is 0 Å². The van der Waals surface area contributed by atoms with Gasteiger partial charge in [-0.15, -0.1) is 0 Å². The maximum atomic E-state index is 8.73. The minimum atomic E-state index is 0.366. The molecule has 0 heterocycles. The van der Waals surface area contributed by atoms with Gasteiger partial charge < -0.3 is 5.11 Å². The zero-order chi connectivity index (χ0) is 14.3. The molecule has 0 aromatic rings. The van der Waals surface area contributed by atoms with E-state index < -0.39 is 0 Å². The number of aliphatic hydroxyl groups is 1. The van der Waals surface area contributed by atoms with Crippen molar-refractivity contribution in [1.82, 2.24) is 0 Å². The lowest BCUT2D eigenvalue weighted by Gasteiger charge is -2.17. The molecule has 0 bridgehead atoms. The smallest absolute Gasteiger partial charge is 0.0431 e. The Morgan fingerprint density at radius 2 is 1.16 bits per heavy atom. The summed E-state index contributed by atoms with van der Waals surface area (Å²) in [6.07, 6.45) is 16.1. The molecule has 0 aromatic heterocycles. The van der Waals surface area contributed by atoms with Gasteiger partial charge in [0.1, 0.15) is 0 Å². The first kappa shape index (κ1) is 19.0. The molecule has 0 saturated heterocycles. The van der Waals surface area contributed by atoms with Crippen LogP contribution in [-0.2, 0) is 0 Å². The van der Waals surface area contributed by atoms with Crippen LogP contribution in [0.15, 0.2) is 0 Å². The molecule has 0 amide bonds. The van der Waals surface area contributed by atoms with Crippen LogP contribution >= 0.6 is 0 Å². The molecule has 1 heteroatoms. The van der Waals surface area contributed by atoms with Crippen molar-refractivity contribution >= 4 is 0 Å². The SMILES string of the molecule is CCCCCCC[C@H](C)C[C@H](C)CCCCCCO. The Balaban J connectivity index is 3.34. The summed E-state index contributed by atoms with van der Waals surface area (Å²) in [6.45, 7) is 7.50. The summed E-state index contributed by atoms with van der Waals surface area (Å²) in [7, 11) is 0. The minimum Gasteiger partial charge on any atom is -0.396 e. The van der Waals surface area contributed by atoms with Gasteiger partial charge in [-0.2, -0.15) is 0 Å². The molecule has 0 aliphatic rings. The standard InChI is InChI=1S/C18H38O/c1-4-5-6-7-10-13-17(2)16-18(3)14-11-8-9-12-15-19/h17-19H,4-16H2,1-3H3/t17-,18+/m0/s1. The lowest BCUT2D eigenvalue weighted by atomic mass is 9.89. The van der Waals surface area contributed by atoms with Gasteiger partial charge in [0.15, 0.2) is 0 Å². The van der Waals surface area contributed by atoms with Crippen molar-refractivity contribution in [2.24, 2.45) is 11.8 Å². The normalized spacial score (nSPS) is 14.5. The van der Waals surface area contributed by atoms with Gasteiger partial charge in [0.2, 0.25) is 0 Å². The monoisotopic (exact) mass is 270 g/mol. The van der Waals surface area contributed by atoms with E-state index in [4.69, 9.17) is 5.11 Å². The predicted molar refractivity (Wildman–Crippen MR) is 86.5 cm³/mol. The molecule has 2 atom stereocenters. The van der Waals surface area contributed by atoms with Crippen LogP contribution in [0.1, 0.15) is 97.8 Å². The summed E-state index contributed by atoms with van der Waals surface area (Å²) in [5.74, 6) is 1.80. The van der Waals surface area contributed by atoms with Gasteiger partial charge in [0.25, 0.3) is 0 Å². The molecule has 0 aliphatic carbocycles. The highest BCUT2D eigenvalue weighted by molar-refractivity contribution is 4.61. The van der Waals surface area contributed by atoms with Crippen LogP contribution < -0.4 is 0 Å². The van der Waals surface area contributed by atoms with E-state index in [0.717, 1.165) is 18.3 Å². The molecule has 1 nitrogen and oxygen atoms in total. The quantitative estimate of drug-likeness (QED) is 0.387. The third-order valence-corrected chi connectivity index (χ3v) is 4.21. The third-order valence-electron chi connectivity index (χ3n) is 4.21. The largest absolute Gasteiger partial charge is 0.396 e. The van der Waals surface area contributed by atoms with Gasteiger partial charge in [-0.3, -0.25) is 0 Å². The topological polar surface area (TPSA) is 20.2 Å². The fraction of sp³-hybridized carbons (Fsp3) is 1.00. The van der Waals surface area contributed by atoms with Crippen molar-refractivity contribution < 1.29 is 5.11 Å². The average Bonchev–Trinajstić information content (AvgIpc) is 2.38. The Morgan fingerprint density at radius 1 is 0.684 bits per heavy atom. The lowest BCUT2D eigenvalue weighted by Crippen LogP contribution is -2.03. The van der Waals surface area contributed by atoms with Crippen LogP contribution in [0.2, 0.25) is 0 Å². The Morgan fingerprint density at radius 3 is 1.63 bits per heavy atom. The fourth-order valence-corrected chi connectivity index (χ4v) is 2.98. The average molecular weight is 271 g/mol. The lowest BCUT2D eigenvalue weighted by molar-refractivity contribution is 0.281. The van der Waals surface area contributed by atoms with Crippen LogP contribution in [0.5, 0.6) is 0 Å². The second-order valence-electron chi connectivity index (χ2n) is 6.58. The maximum Gasteiger partial charge on any atom is 0.0431 e. The Bertz CT molecular complexity index is 149. The van der Waals surface area contributed by atoms with Crippen LogP contribution in [0, 0.1) is 11.8 Å². The molecule has 0 radical (unpaired) electrons. The summed E-state index contributed by atoms with van der Waals surface area (Å²) >= 11 is 0. The molecule has 116 valence electrons. The highest BCUT2D eigenvalue weighted by atomic mass is 16.2. The van der Waals surface area contributed by atoms with E-state index >= 15 is 0 Å². The summed E-state index contributed by atoms with van der Waals surface area (Å²) in [6, 6.07) is 0. The van der Waals surface area contributed by atoms with E-state index in [1.165, 1.54) is 70.6 Å². The van der Waals surface area contributed by atoms with E-state index in [1.54, 1.807) is 0 Å². The Kier molecular flexibility index (Phi) is 14.3. The van der Waals surface area contributed by atoms with Crippen LogP contribution in [0.4, 0.5) is 0 Å². The van der Waals surface area contributed by atoms with Gasteiger partial charge in [0.05, 0.1) is 0 Å². The van der Waals surface area contributed by atoms with E-state index in [2.05, 4.69) is 20.8 Å². The molecular formula is C18H38O. The van der Waals surface area contributed by atoms with Gasteiger partial charge in [-0.1, -0.05) is 85.0 Å². The summed E-state index contributed by atoms with van der Waals surface area (Å²) < 4.78 is 0. The fourth-order valence-electron chi connectivity index (χ4n) is 2.98. The van der Waals surface area contributed by atoms with Gasteiger partial charge >= 0.3 is 0 Å². The van der Waals surface area contributed by atoms with Crippen molar-refractivity contribution in [2.45, 2.75) is 97.8 Å². The van der Waals surface area contributed by atoms with Gasteiger partial charge in [-0.05, 0) is 24.7 Å². The highest BCUT2D eigenvalue weighted by Crippen LogP contribution is 2.22. The summed E-state index contributed by atoms with van der Waals surface area (Å²) in [4.78, 5) is 0. The second-order valence-corrected chi connectivity index (χ2v) is 6.58. The number of hydrogen-bond acceptors (Lipinski definition) is 1. The van der Waals surface area contributed by atoms with Crippen molar-refractivity contribution in [2.75, 3.05) is 6.61 Å². The zero-order valence-corrected chi connectivity index (χ0v) is 13.8. The molecule has 0 rings (SSSR count). The first-order valence-corrected chi connectivity index (χ1v) is 8.81. The number of aliphatic hydroxyl groups excluding tert-OH is 1. The van der Waals surface area contributed by atoms with Crippen molar-refractivity contribution in [1.29, 1.82) is 0 Å². The molecular weight excluding hydrogens is 232 g/mol. The van der Waals surface area contributed by atoms with Crippen molar-refractivity contribution in [3.63, 3.8) is 0 Å². The summed E-state index contributed by atoms with van der Waals surface area (Å²) in [5, 5.41) is 8.73. The second kappa shape index (κ2) is 14.4. The molecule has 19 heavy (non-hydrogen) atoms. The maximum absolute atomic E-state index is 8.73. The predicted octanol–water partition coefficient (Wildman–Crippen LogP) is 5.95. The van der Waals surface area contributed by atoms with Crippen LogP contribution in [0.3, 0.4) is 0 Å². The molecule has 0 saturated carbocycles. The molecule has 0 fully saturated rings. The van der Waals surface area contributed by atoms with Crippen molar-refractivity contribution in [3.05, 3.63) is 0 Å². The number of unbranched alkanes of at least 4 members (excludes halogenated alkanes) is 7. The van der Waals surface area contributed by atoms with E-state index in [0.29, 0.717) is 6.61 Å². The summed E-state index contributed by atoms with van der Waals surface area (Å²) in [5.41, 5.74) is 0. The van der Waals surface area contributed by atoms with E-state index in [-0.39, 0.29) is 0 Å². The molecule has 0 aliphatic heterocycles. The first-order chi connectivity index (χ1) is 9.20. The Hall–Kier alpha value is -0.0400. The number of hydrogen-bond donors (Lipinski definition) is 1. The molecule has 0 spiro atoms. The van der Waals surface area contributed by atoms with Gasteiger partial charge in [0, 0.05) is 6.61 Å². The Labute approximate surface area is 122 Å². The van der Waals surface area contributed by atoms with Gasteiger partial charge in [-0.25, -0.2) is 0 Å². The first-order valence-electron chi connectivity index (χ1n) is 8.81. The van der Waals surface area contributed by atoms with E-state index in [1.807, 2.05) is 0 Å². The molecule has 0 unspecified atom stereocenters. The minimum absolute atomic E-state index is 0.366.